The van der Waals surface area contributed by atoms with Gasteiger partial charge in [0.15, 0.2) is 5.82 Å². The first-order valence-electron chi connectivity index (χ1n) is 5.51. The lowest BCUT2D eigenvalue weighted by Crippen LogP contribution is -2.25. The molecule has 0 fully saturated rings. The second-order valence-corrected chi connectivity index (χ2v) is 3.98. The number of rotatable bonds is 3. The summed E-state index contributed by atoms with van der Waals surface area (Å²) >= 11 is 0. The van der Waals surface area contributed by atoms with Gasteiger partial charge in [0.2, 0.25) is 5.91 Å². The minimum atomic E-state index is -0.00199. The Morgan fingerprint density at radius 2 is 2.38 bits per heavy atom. The Morgan fingerprint density at radius 1 is 1.56 bits per heavy atom. The van der Waals surface area contributed by atoms with Crippen LogP contribution in [-0.4, -0.2) is 32.6 Å². The van der Waals surface area contributed by atoms with Crippen molar-refractivity contribution >= 4 is 5.91 Å². The van der Waals surface area contributed by atoms with Gasteiger partial charge < -0.3 is 9.47 Å². The van der Waals surface area contributed by atoms with E-state index in [4.69, 9.17) is 0 Å². The lowest BCUT2D eigenvalue weighted by atomic mass is 10.4. The minimum absolute atomic E-state index is 0.00199. The summed E-state index contributed by atoms with van der Waals surface area (Å²) in [5.41, 5.74) is 0. The number of allylic oxidation sites excluding steroid dienone is 1. The summed E-state index contributed by atoms with van der Waals surface area (Å²) in [6.07, 6.45) is 5.43. The molecule has 2 heterocycles. The Morgan fingerprint density at radius 3 is 3.12 bits per heavy atom. The predicted molar refractivity (Wildman–Crippen MR) is 59.6 cm³/mol. The SMILES string of the molecule is CC=CC(=O)N(C)Cc1nnc2n1CCC2. The molecule has 86 valence electrons. The third-order valence-corrected chi connectivity index (χ3v) is 2.75. The molecular weight excluding hydrogens is 204 g/mol. The Balaban J connectivity index is 2.06. The third kappa shape index (κ3) is 1.98. The molecule has 1 aliphatic rings. The van der Waals surface area contributed by atoms with E-state index in [1.165, 1.54) is 0 Å². The molecule has 5 nitrogen and oxygen atoms in total. The zero-order valence-corrected chi connectivity index (χ0v) is 9.68. The van der Waals surface area contributed by atoms with Gasteiger partial charge in [-0.25, -0.2) is 0 Å². The number of likely N-dealkylation sites (N-methyl/N-ethyl adjacent to an activating group) is 1. The lowest BCUT2D eigenvalue weighted by Gasteiger charge is -2.14. The van der Waals surface area contributed by atoms with Gasteiger partial charge in [0, 0.05) is 20.0 Å². The number of nitrogens with zero attached hydrogens (tertiary/aromatic N) is 4. The van der Waals surface area contributed by atoms with Gasteiger partial charge in [-0.15, -0.1) is 10.2 Å². The maximum atomic E-state index is 11.6. The zero-order valence-electron chi connectivity index (χ0n) is 9.68. The molecule has 0 aliphatic carbocycles. The highest BCUT2D eigenvalue weighted by atomic mass is 16.2. The van der Waals surface area contributed by atoms with E-state index in [2.05, 4.69) is 14.8 Å². The number of carbonyl (C=O) groups is 1. The molecule has 0 unspecified atom stereocenters. The molecule has 0 bridgehead atoms. The van der Waals surface area contributed by atoms with Gasteiger partial charge in [-0.1, -0.05) is 6.08 Å². The van der Waals surface area contributed by atoms with E-state index >= 15 is 0 Å². The van der Waals surface area contributed by atoms with Gasteiger partial charge in [-0.2, -0.15) is 0 Å². The molecule has 0 radical (unpaired) electrons. The van der Waals surface area contributed by atoms with E-state index in [0.29, 0.717) is 6.54 Å². The second-order valence-electron chi connectivity index (χ2n) is 3.98. The van der Waals surface area contributed by atoms with Crippen molar-refractivity contribution in [1.82, 2.24) is 19.7 Å². The molecule has 1 aromatic heterocycles. The van der Waals surface area contributed by atoms with Crippen molar-refractivity contribution in [3.8, 4) is 0 Å². The summed E-state index contributed by atoms with van der Waals surface area (Å²) in [6.45, 7) is 3.33. The van der Waals surface area contributed by atoms with E-state index in [1.54, 1.807) is 24.1 Å². The van der Waals surface area contributed by atoms with Crippen molar-refractivity contribution in [2.45, 2.75) is 32.9 Å². The first-order chi connectivity index (χ1) is 7.72. The van der Waals surface area contributed by atoms with Crippen LogP contribution in [0, 0.1) is 0 Å². The van der Waals surface area contributed by atoms with E-state index in [-0.39, 0.29) is 5.91 Å². The largest absolute Gasteiger partial charge is 0.335 e. The minimum Gasteiger partial charge on any atom is -0.335 e. The van der Waals surface area contributed by atoms with Crippen LogP contribution in [0.4, 0.5) is 0 Å². The van der Waals surface area contributed by atoms with Crippen LogP contribution in [0.5, 0.6) is 0 Å². The van der Waals surface area contributed by atoms with Crippen molar-refractivity contribution < 1.29 is 4.79 Å². The third-order valence-electron chi connectivity index (χ3n) is 2.75. The average molecular weight is 220 g/mol. The molecule has 1 amide bonds. The van der Waals surface area contributed by atoms with Crippen molar-refractivity contribution in [3.05, 3.63) is 23.8 Å². The molecule has 1 aliphatic heterocycles. The second kappa shape index (κ2) is 4.47. The van der Waals surface area contributed by atoms with Crippen LogP contribution in [0.25, 0.3) is 0 Å². The topological polar surface area (TPSA) is 51.0 Å². The highest BCUT2D eigenvalue weighted by molar-refractivity contribution is 5.87. The maximum absolute atomic E-state index is 11.6. The monoisotopic (exact) mass is 220 g/mol. The van der Waals surface area contributed by atoms with Crippen LogP contribution in [0.3, 0.4) is 0 Å². The van der Waals surface area contributed by atoms with Crippen LogP contribution < -0.4 is 0 Å². The number of aryl methyl sites for hydroxylation is 1. The highest BCUT2D eigenvalue weighted by Gasteiger charge is 2.18. The van der Waals surface area contributed by atoms with Gasteiger partial charge in [-0.05, 0) is 19.4 Å². The van der Waals surface area contributed by atoms with Crippen LogP contribution in [0.2, 0.25) is 0 Å². The first kappa shape index (κ1) is 10.9. The molecule has 0 atom stereocenters. The summed E-state index contributed by atoms with van der Waals surface area (Å²) in [6, 6.07) is 0. The van der Waals surface area contributed by atoms with E-state index in [1.807, 2.05) is 6.92 Å². The van der Waals surface area contributed by atoms with Crippen molar-refractivity contribution in [2.24, 2.45) is 0 Å². The van der Waals surface area contributed by atoms with Gasteiger partial charge in [0.25, 0.3) is 0 Å². The molecule has 0 saturated carbocycles. The summed E-state index contributed by atoms with van der Waals surface area (Å²) < 4.78 is 2.11. The number of amides is 1. The van der Waals surface area contributed by atoms with Gasteiger partial charge >= 0.3 is 0 Å². The summed E-state index contributed by atoms with van der Waals surface area (Å²) in [4.78, 5) is 13.2. The molecule has 1 aromatic rings. The zero-order chi connectivity index (χ0) is 11.5. The fourth-order valence-corrected chi connectivity index (χ4v) is 1.89. The van der Waals surface area contributed by atoms with Crippen molar-refractivity contribution in [3.63, 3.8) is 0 Å². The maximum Gasteiger partial charge on any atom is 0.246 e. The fraction of sp³-hybridized carbons (Fsp3) is 0.545. The normalized spacial score (nSPS) is 14.4. The van der Waals surface area contributed by atoms with Gasteiger partial charge in [0.05, 0.1) is 6.54 Å². The summed E-state index contributed by atoms with van der Waals surface area (Å²) in [5.74, 6) is 1.92. The molecular formula is C11H16N4O. The van der Waals surface area contributed by atoms with Gasteiger partial charge in [-0.3, -0.25) is 4.79 Å². The first-order valence-corrected chi connectivity index (χ1v) is 5.51. The molecule has 0 aromatic carbocycles. The Kier molecular flexibility index (Phi) is 3.03. The van der Waals surface area contributed by atoms with Crippen LogP contribution in [0.1, 0.15) is 25.0 Å². The lowest BCUT2D eigenvalue weighted by molar-refractivity contribution is -0.125. The number of fused-ring (bicyclic) bond motifs is 1. The van der Waals surface area contributed by atoms with Crippen LogP contribution in [-0.2, 0) is 24.3 Å². The number of hydrogen-bond acceptors (Lipinski definition) is 3. The average Bonchev–Trinajstić information content (AvgIpc) is 2.83. The Hall–Kier alpha value is -1.65. The fourth-order valence-electron chi connectivity index (χ4n) is 1.89. The number of hydrogen-bond donors (Lipinski definition) is 0. The van der Waals surface area contributed by atoms with E-state index < -0.39 is 0 Å². The smallest absolute Gasteiger partial charge is 0.246 e. The summed E-state index contributed by atoms with van der Waals surface area (Å²) in [7, 11) is 1.78. The molecule has 0 saturated heterocycles. The predicted octanol–water partition coefficient (Wildman–Crippen LogP) is 0.759. The van der Waals surface area contributed by atoms with Crippen molar-refractivity contribution in [1.29, 1.82) is 0 Å². The number of carbonyl (C=O) groups excluding carboxylic acids is 1. The Labute approximate surface area is 94.8 Å². The molecule has 0 spiro atoms. The molecule has 2 rings (SSSR count). The van der Waals surface area contributed by atoms with Crippen LogP contribution in [0.15, 0.2) is 12.2 Å². The quantitative estimate of drug-likeness (QED) is 0.707. The molecule has 5 heteroatoms. The van der Waals surface area contributed by atoms with Crippen molar-refractivity contribution in [2.75, 3.05) is 7.05 Å². The molecule has 0 N–H and O–H groups in total. The number of aromatic nitrogens is 3. The summed E-state index contributed by atoms with van der Waals surface area (Å²) in [5, 5.41) is 8.23. The van der Waals surface area contributed by atoms with Crippen LogP contribution >= 0.6 is 0 Å². The van der Waals surface area contributed by atoms with E-state index in [9.17, 15) is 4.79 Å². The van der Waals surface area contributed by atoms with E-state index in [0.717, 1.165) is 31.0 Å². The van der Waals surface area contributed by atoms with Gasteiger partial charge in [0.1, 0.15) is 5.82 Å². The standard InChI is InChI=1S/C11H16N4O/c1-3-5-11(16)14(2)8-10-13-12-9-6-4-7-15(9)10/h3,5H,4,6-8H2,1-2H3. The molecule has 16 heavy (non-hydrogen) atoms. The Bertz CT molecular complexity index is 422. The highest BCUT2D eigenvalue weighted by Crippen LogP contribution is 2.14.